The number of fused-ring (bicyclic) bond motifs is 1. The minimum absolute atomic E-state index is 0.127. The number of rotatable bonds is 7. The smallest absolute Gasteiger partial charge is 0.275 e. The second-order valence-corrected chi connectivity index (χ2v) is 8.37. The Morgan fingerprint density at radius 1 is 1.11 bits per heavy atom. The van der Waals surface area contributed by atoms with Gasteiger partial charge in [-0.15, -0.1) is 5.10 Å². The lowest BCUT2D eigenvalue weighted by atomic mass is 9.78. The first-order valence-electron chi connectivity index (χ1n) is 11.3. The topological polar surface area (TPSA) is 134 Å². The zero-order chi connectivity index (χ0) is 24.4. The van der Waals surface area contributed by atoms with Crippen LogP contribution in [0.25, 0.3) is 11.5 Å². The standard InChI is InChI=1S/C22H24BN9O3/c1-15-3-4-17(25-12-15)32-18(27-21(33)16-13-26-31-6-2-5-24-20(16)31)11-19(28-32)30-9-7-29(8-10-30)14-23-22(34)35/h2-6,11-13,23H,7-10,14H2,1H3,(H,27,33)(H,34,35). The summed E-state index contributed by atoms with van der Waals surface area (Å²) in [7, 11) is 0.127. The van der Waals surface area contributed by atoms with Crippen LogP contribution in [0.2, 0.25) is 0 Å². The van der Waals surface area contributed by atoms with E-state index < -0.39 is 5.87 Å². The third-order valence-electron chi connectivity index (χ3n) is 5.91. The van der Waals surface area contributed by atoms with E-state index in [-0.39, 0.29) is 13.2 Å². The fourth-order valence-corrected chi connectivity index (χ4v) is 4.00. The average Bonchev–Trinajstić information content (AvgIpc) is 3.48. The number of pyridine rings is 1. The minimum atomic E-state index is -0.793. The summed E-state index contributed by atoms with van der Waals surface area (Å²) in [5, 5.41) is 20.8. The van der Waals surface area contributed by atoms with Crippen molar-refractivity contribution in [2.75, 3.05) is 42.8 Å². The van der Waals surface area contributed by atoms with Gasteiger partial charge in [0.05, 0.1) is 6.20 Å². The van der Waals surface area contributed by atoms with Crippen LogP contribution in [-0.2, 0) is 0 Å². The van der Waals surface area contributed by atoms with Gasteiger partial charge in [-0.25, -0.2) is 14.5 Å². The number of amides is 1. The van der Waals surface area contributed by atoms with E-state index in [1.807, 2.05) is 25.1 Å². The van der Waals surface area contributed by atoms with Crippen molar-refractivity contribution in [1.29, 1.82) is 0 Å². The molecule has 2 N–H and O–H groups in total. The molecule has 12 nitrogen and oxygen atoms in total. The third-order valence-corrected chi connectivity index (χ3v) is 5.91. The molecule has 1 amide bonds. The van der Waals surface area contributed by atoms with E-state index in [1.165, 1.54) is 6.20 Å². The summed E-state index contributed by atoms with van der Waals surface area (Å²) in [6, 6.07) is 7.35. The zero-order valence-corrected chi connectivity index (χ0v) is 19.2. The molecular formula is C22H24BN9O3. The molecule has 0 unspecified atom stereocenters. The lowest BCUT2D eigenvalue weighted by molar-refractivity contribution is 0.102. The van der Waals surface area contributed by atoms with Crippen LogP contribution < -0.4 is 10.2 Å². The molecule has 0 spiro atoms. The molecule has 13 heteroatoms. The first kappa shape index (κ1) is 22.5. The van der Waals surface area contributed by atoms with Crippen molar-refractivity contribution in [3.8, 4) is 5.82 Å². The van der Waals surface area contributed by atoms with Gasteiger partial charge in [0.15, 0.2) is 17.3 Å². The van der Waals surface area contributed by atoms with Crippen LogP contribution >= 0.6 is 0 Å². The Balaban J connectivity index is 1.40. The Hall–Kier alpha value is -4.26. The van der Waals surface area contributed by atoms with E-state index in [0.29, 0.717) is 48.2 Å². The first-order chi connectivity index (χ1) is 17.0. The van der Waals surface area contributed by atoms with Gasteiger partial charge in [-0.3, -0.25) is 9.59 Å². The fraction of sp³-hybridized carbons (Fsp3) is 0.273. The number of anilines is 2. The number of nitrogens with zero attached hydrogens (tertiary/aromatic N) is 8. The molecule has 4 aromatic rings. The van der Waals surface area contributed by atoms with E-state index in [0.717, 1.165) is 18.7 Å². The molecule has 5 heterocycles. The number of hydrogen-bond acceptors (Lipinski definition) is 8. The summed E-state index contributed by atoms with van der Waals surface area (Å²) in [6.07, 6.45) is 7.11. The number of carbonyl (C=O) groups excluding carboxylic acids is 1. The van der Waals surface area contributed by atoms with Crippen LogP contribution in [0.3, 0.4) is 0 Å². The highest BCUT2D eigenvalue weighted by Crippen LogP contribution is 2.24. The van der Waals surface area contributed by atoms with Crippen molar-refractivity contribution in [1.82, 2.24) is 34.3 Å². The number of aryl methyl sites for hydroxylation is 1. The number of hydrogen-bond donors (Lipinski definition) is 2. The molecule has 4 aromatic heterocycles. The second kappa shape index (κ2) is 9.54. The van der Waals surface area contributed by atoms with Gasteiger partial charge < -0.3 is 20.2 Å². The largest absolute Gasteiger partial charge is 0.489 e. The van der Waals surface area contributed by atoms with E-state index in [1.54, 1.807) is 33.9 Å². The maximum atomic E-state index is 13.1. The molecule has 0 saturated carbocycles. The summed E-state index contributed by atoms with van der Waals surface area (Å²) in [6.45, 7) is 4.82. The van der Waals surface area contributed by atoms with Crippen LogP contribution in [0.5, 0.6) is 0 Å². The Morgan fingerprint density at radius 2 is 1.94 bits per heavy atom. The number of carboxylic acid groups (broad SMARTS) is 1. The molecule has 0 atom stereocenters. The van der Waals surface area contributed by atoms with Crippen molar-refractivity contribution in [2.24, 2.45) is 0 Å². The van der Waals surface area contributed by atoms with Gasteiger partial charge >= 0.3 is 0 Å². The molecule has 1 fully saturated rings. The van der Waals surface area contributed by atoms with Crippen LogP contribution in [0.15, 0.2) is 49.1 Å². The molecule has 178 valence electrons. The van der Waals surface area contributed by atoms with Gasteiger partial charge in [0.25, 0.3) is 13.2 Å². The van der Waals surface area contributed by atoms with Crippen molar-refractivity contribution < 1.29 is 14.7 Å². The molecule has 0 aliphatic carbocycles. The second-order valence-electron chi connectivity index (χ2n) is 8.37. The summed E-state index contributed by atoms with van der Waals surface area (Å²) in [4.78, 5) is 37.0. The SMILES string of the molecule is Cc1ccc(-n2nc(N3CCN(CBC(=O)O)CC3)cc2NC(=O)c2cnn3cccnc23)nc1. The van der Waals surface area contributed by atoms with Crippen LogP contribution in [0.1, 0.15) is 15.9 Å². The first-order valence-corrected chi connectivity index (χ1v) is 11.3. The lowest BCUT2D eigenvalue weighted by Gasteiger charge is -2.34. The van der Waals surface area contributed by atoms with Gasteiger partial charge in [-0.1, -0.05) is 6.07 Å². The highest BCUT2D eigenvalue weighted by molar-refractivity contribution is 6.71. The van der Waals surface area contributed by atoms with E-state index in [4.69, 9.17) is 10.2 Å². The van der Waals surface area contributed by atoms with Crippen molar-refractivity contribution in [3.63, 3.8) is 0 Å². The van der Waals surface area contributed by atoms with Gasteiger partial charge in [0.1, 0.15) is 11.4 Å². The van der Waals surface area contributed by atoms with E-state index in [9.17, 15) is 9.59 Å². The van der Waals surface area contributed by atoms with Gasteiger partial charge in [-0.05, 0) is 31.1 Å². The van der Waals surface area contributed by atoms with Gasteiger partial charge in [-0.2, -0.15) is 9.78 Å². The molecular weight excluding hydrogens is 449 g/mol. The summed E-state index contributed by atoms with van der Waals surface area (Å²) in [5.41, 5.74) is 1.83. The van der Waals surface area contributed by atoms with Crippen molar-refractivity contribution in [2.45, 2.75) is 6.92 Å². The molecule has 1 aliphatic heterocycles. The summed E-state index contributed by atoms with van der Waals surface area (Å²) >= 11 is 0. The molecule has 0 radical (unpaired) electrons. The molecule has 35 heavy (non-hydrogen) atoms. The van der Waals surface area contributed by atoms with Crippen molar-refractivity contribution in [3.05, 3.63) is 60.2 Å². The van der Waals surface area contributed by atoms with Gasteiger partial charge in [0, 0.05) is 50.8 Å². The fourth-order valence-electron chi connectivity index (χ4n) is 4.00. The van der Waals surface area contributed by atoms with E-state index >= 15 is 0 Å². The quantitative estimate of drug-likeness (QED) is 0.378. The highest BCUT2D eigenvalue weighted by atomic mass is 16.4. The molecule has 0 aromatic carbocycles. The monoisotopic (exact) mass is 473 g/mol. The zero-order valence-electron chi connectivity index (χ0n) is 19.2. The predicted molar refractivity (Wildman–Crippen MR) is 131 cm³/mol. The maximum absolute atomic E-state index is 13.1. The van der Waals surface area contributed by atoms with E-state index in [2.05, 4.69) is 30.2 Å². The normalized spacial score (nSPS) is 14.3. The van der Waals surface area contributed by atoms with Crippen LogP contribution in [0.4, 0.5) is 16.4 Å². The maximum Gasteiger partial charge on any atom is 0.275 e. The molecule has 0 bridgehead atoms. The third kappa shape index (κ3) is 4.85. The van der Waals surface area contributed by atoms with Crippen LogP contribution in [0, 0.1) is 6.92 Å². The predicted octanol–water partition coefficient (Wildman–Crippen LogP) is 1.06. The Morgan fingerprint density at radius 3 is 2.69 bits per heavy atom. The number of aromatic nitrogens is 6. The average molecular weight is 473 g/mol. The lowest BCUT2D eigenvalue weighted by Crippen LogP contribution is -2.48. The number of carbonyl (C=O) groups is 2. The number of piperazine rings is 1. The number of nitrogens with one attached hydrogen (secondary N) is 1. The highest BCUT2D eigenvalue weighted by Gasteiger charge is 2.23. The summed E-state index contributed by atoms with van der Waals surface area (Å²) < 4.78 is 3.16. The Kier molecular flexibility index (Phi) is 6.14. The molecule has 1 aliphatic rings. The van der Waals surface area contributed by atoms with Gasteiger partial charge in [0.2, 0.25) is 5.87 Å². The molecule has 1 saturated heterocycles. The Labute approximate surface area is 201 Å². The van der Waals surface area contributed by atoms with Crippen molar-refractivity contribution >= 4 is 36.3 Å². The van der Waals surface area contributed by atoms with Crippen LogP contribution in [-0.4, -0.2) is 91.0 Å². The summed E-state index contributed by atoms with van der Waals surface area (Å²) in [5.74, 6) is 0.620. The minimum Gasteiger partial charge on any atom is -0.489 e. The Bertz CT molecular complexity index is 1360. The molecule has 5 rings (SSSR count).